The van der Waals surface area contributed by atoms with Gasteiger partial charge < -0.3 is 9.53 Å². The fraction of sp³-hybridized carbons (Fsp3) is 0.550. The smallest absolute Gasteiger partial charge is 0.273 e. The number of aliphatic hydroxyl groups is 1. The van der Waals surface area contributed by atoms with Crippen molar-refractivity contribution in [1.82, 2.24) is 14.8 Å². The Hall–Kier alpha value is -2.70. The molecule has 280 valence electrons. The maximum atomic E-state index is 13.3. The van der Waals surface area contributed by atoms with Crippen LogP contribution in [0.5, 0.6) is 0 Å². The summed E-state index contributed by atoms with van der Waals surface area (Å²) in [5.74, 6) is 1.08. The lowest BCUT2D eigenvalue weighted by molar-refractivity contribution is -0.135. The summed E-state index contributed by atoms with van der Waals surface area (Å²) >= 11 is 3.30. The van der Waals surface area contributed by atoms with Crippen molar-refractivity contribution in [2.45, 2.75) is 127 Å². The summed E-state index contributed by atoms with van der Waals surface area (Å²) in [6, 6.07) is 17.1. The lowest BCUT2D eigenvalue weighted by Crippen LogP contribution is -2.42. The molecule has 2 unspecified atom stereocenters. The van der Waals surface area contributed by atoms with Crippen molar-refractivity contribution in [2.75, 3.05) is 13.7 Å². The number of thioether (sulfide) groups is 2. The van der Waals surface area contributed by atoms with E-state index in [0.717, 1.165) is 22.0 Å². The second-order valence-corrected chi connectivity index (χ2v) is 23.8. The highest BCUT2D eigenvalue weighted by Gasteiger charge is 2.38. The lowest BCUT2D eigenvalue weighted by Gasteiger charge is -2.36. The number of nitrogens with zero attached hydrogens (tertiary/aromatic N) is 4. The van der Waals surface area contributed by atoms with Crippen LogP contribution in [-0.2, 0) is 38.3 Å². The Balaban J connectivity index is 0.000000286. The maximum absolute atomic E-state index is 13.3. The highest BCUT2D eigenvalue weighted by molar-refractivity contribution is 7.99. The number of hydrogen-bond acceptors (Lipinski definition) is 8. The minimum absolute atomic E-state index is 0.0508. The van der Waals surface area contributed by atoms with Gasteiger partial charge in [0.1, 0.15) is 0 Å². The molecule has 2 atom stereocenters. The molecule has 1 amide bonds. The van der Waals surface area contributed by atoms with Crippen LogP contribution < -0.4 is 5.56 Å². The van der Waals surface area contributed by atoms with E-state index in [9.17, 15) is 14.7 Å². The first kappa shape index (κ1) is 42.7. The van der Waals surface area contributed by atoms with E-state index in [2.05, 4.69) is 120 Å². The number of rotatable bonds is 10. The molecular weight excluding hydrogens is 693 g/mol. The number of carbonyl (C=O) groups excluding carboxylic acids is 1. The molecule has 1 aromatic heterocycles. The van der Waals surface area contributed by atoms with Crippen molar-refractivity contribution in [3.63, 3.8) is 0 Å². The van der Waals surface area contributed by atoms with Crippen molar-refractivity contribution in [2.24, 2.45) is 11.0 Å². The zero-order valence-electron chi connectivity index (χ0n) is 33.0. The number of aliphatic hydroxyl groups excluding tert-OH is 1. The third kappa shape index (κ3) is 11.9. The molecule has 0 radical (unpaired) electrons. The van der Waals surface area contributed by atoms with Crippen LogP contribution in [-0.4, -0.2) is 59.2 Å². The van der Waals surface area contributed by atoms with Crippen LogP contribution >= 0.6 is 23.5 Å². The number of carbonyl (C=O) groups is 1. The first-order chi connectivity index (χ1) is 23.5. The molecule has 4 rings (SSSR count). The van der Waals surface area contributed by atoms with Gasteiger partial charge in [-0.15, -0.1) is 23.5 Å². The van der Waals surface area contributed by atoms with Gasteiger partial charge in [0.2, 0.25) is 5.91 Å². The molecule has 1 aliphatic rings. The van der Waals surface area contributed by atoms with Crippen LogP contribution in [0.25, 0.3) is 0 Å². The van der Waals surface area contributed by atoms with Crippen LogP contribution in [0, 0.1) is 12.8 Å². The number of hydrogen-bond donors (Lipinski definition) is 1. The van der Waals surface area contributed by atoms with Gasteiger partial charge in [-0.2, -0.15) is 10.2 Å². The molecule has 0 fully saturated rings. The Labute approximate surface area is 316 Å². The number of aryl methyl sites for hydroxylation is 1. The molecule has 11 heteroatoms. The predicted molar refractivity (Wildman–Crippen MR) is 218 cm³/mol. The number of aromatic nitrogens is 2. The summed E-state index contributed by atoms with van der Waals surface area (Å²) in [5, 5.41) is 19.3. The third-order valence-electron chi connectivity index (χ3n) is 9.45. The van der Waals surface area contributed by atoms with E-state index in [1.807, 2.05) is 27.0 Å². The molecule has 2 heterocycles. The summed E-state index contributed by atoms with van der Waals surface area (Å²) in [6.07, 6.45) is 3.59. The summed E-state index contributed by atoms with van der Waals surface area (Å²) in [7, 11) is -0.349. The van der Waals surface area contributed by atoms with Crippen molar-refractivity contribution in [1.29, 1.82) is 0 Å². The average molecular weight is 753 g/mol. The molecule has 1 N–H and O–H groups in total. The fourth-order valence-corrected chi connectivity index (χ4v) is 7.91. The largest absolute Gasteiger partial charge is 0.412 e. The van der Waals surface area contributed by atoms with Gasteiger partial charge >= 0.3 is 0 Å². The summed E-state index contributed by atoms with van der Waals surface area (Å²) in [6.45, 7) is 26.0. The Morgan fingerprint density at radius 1 is 0.882 bits per heavy atom. The first-order valence-electron chi connectivity index (χ1n) is 17.6. The molecular formula is C40H60N4O4S2Si. The second-order valence-electron chi connectivity index (χ2n) is 16.8. The van der Waals surface area contributed by atoms with Crippen LogP contribution in [0.15, 0.2) is 69.5 Å². The van der Waals surface area contributed by atoms with Gasteiger partial charge in [-0.05, 0) is 67.9 Å². The van der Waals surface area contributed by atoms with E-state index in [1.54, 1.807) is 41.5 Å². The minimum atomic E-state index is -1.97. The molecule has 8 nitrogen and oxygen atoms in total. The fourth-order valence-electron chi connectivity index (χ4n) is 4.86. The molecule has 51 heavy (non-hydrogen) atoms. The second kappa shape index (κ2) is 17.4. The molecule has 1 aliphatic heterocycles. The molecule has 0 saturated carbocycles. The van der Waals surface area contributed by atoms with Crippen LogP contribution in [0.2, 0.25) is 18.1 Å². The van der Waals surface area contributed by atoms with Gasteiger partial charge in [-0.3, -0.25) is 9.59 Å². The standard InChI is InChI=1S/C23H36N2O2SSi.C17H24N2O2S/c1-17-10-12-18(13-11-17)16-28-20-14-24-25(22(2,3)4)21(26)19(20)15-27-29(8,9)23(5,6)7;1-17(2,3)13-7-5-12(6-8-13)11-22-15-9-18-19(4)16(21)14(15)10-20/h10-14H,15-16H2,1-9H3;5-9,14-15,20H,10-11H2,1-4H3. The monoisotopic (exact) mass is 752 g/mol. The predicted octanol–water partition coefficient (Wildman–Crippen LogP) is 8.77. The van der Waals surface area contributed by atoms with Crippen LogP contribution in [0.4, 0.5) is 0 Å². The van der Waals surface area contributed by atoms with E-state index >= 15 is 0 Å². The van der Waals surface area contributed by atoms with Crippen molar-refractivity contribution < 1.29 is 14.3 Å². The molecule has 3 aromatic rings. The number of benzene rings is 2. The third-order valence-corrected chi connectivity index (χ3v) is 16.4. The van der Waals surface area contributed by atoms with Gasteiger partial charge in [-0.1, -0.05) is 95.6 Å². The molecule has 0 bridgehead atoms. The van der Waals surface area contributed by atoms with E-state index in [0.29, 0.717) is 6.61 Å². The minimum Gasteiger partial charge on any atom is -0.412 e. The highest BCUT2D eigenvalue weighted by Crippen LogP contribution is 2.37. The van der Waals surface area contributed by atoms with Gasteiger partial charge in [0.25, 0.3) is 5.56 Å². The van der Waals surface area contributed by atoms with Gasteiger partial charge in [0.05, 0.1) is 41.7 Å². The van der Waals surface area contributed by atoms with E-state index < -0.39 is 14.2 Å². The molecule has 0 spiro atoms. The van der Waals surface area contributed by atoms with Crippen LogP contribution in [0.3, 0.4) is 0 Å². The quantitative estimate of drug-likeness (QED) is 0.163. The Kier molecular flexibility index (Phi) is 14.6. The summed E-state index contributed by atoms with van der Waals surface area (Å²) in [5.41, 5.74) is 5.46. The lowest BCUT2D eigenvalue weighted by atomic mass is 9.87. The van der Waals surface area contributed by atoms with Crippen molar-refractivity contribution in [3.05, 3.63) is 92.9 Å². The van der Waals surface area contributed by atoms with Crippen LogP contribution in [0.1, 0.15) is 90.1 Å². The van der Waals surface area contributed by atoms with E-state index in [4.69, 9.17) is 4.43 Å². The summed E-state index contributed by atoms with van der Waals surface area (Å²) < 4.78 is 8.00. The van der Waals surface area contributed by atoms with E-state index in [-0.39, 0.29) is 39.3 Å². The van der Waals surface area contributed by atoms with E-state index in [1.165, 1.54) is 27.3 Å². The van der Waals surface area contributed by atoms with Crippen molar-refractivity contribution >= 4 is 44.0 Å². The molecule has 0 aliphatic carbocycles. The average Bonchev–Trinajstić information content (AvgIpc) is 3.03. The number of amides is 1. The zero-order valence-corrected chi connectivity index (χ0v) is 35.7. The number of hydrazone groups is 1. The molecule has 0 saturated heterocycles. The Bertz CT molecular complexity index is 1690. The normalized spacial score (nSPS) is 17.0. The first-order valence-corrected chi connectivity index (χ1v) is 22.6. The Morgan fingerprint density at radius 3 is 1.98 bits per heavy atom. The van der Waals surface area contributed by atoms with Gasteiger partial charge in [0, 0.05) is 29.7 Å². The van der Waals surface area contributed by atoms with Gasteiger partial charge in [-0.25, -0.2) is 9.69 Å². The SMILES string of the molecule is CN1N=CC(SCc2ccc(C(C)(C)C)cc2)C(CO)C1=O.Cc1ccc(CSc2cnn(C(C)(C)C)c(=O)c2CO[Si](C)(C)C(C)(C)C)cc1. The Morgan fingerprint density at radius 2 is 1.45 bits per heavy atom. The topological polar surface area (TPSA) is 97.0 Å². The zero-order chi connectivity index (χ0) is 38.4. The molecule has 2 aromatic carbocycles. The summed E-state index contributed by atoms with van der Waals surface area (Å²) in [4.78, 5) is 26.2. The maximum Gasteiger partial charge on any atom is 0.273 e. The highest BCUT2D eigenvalue weighted by atomic mass is 32.2. The van der Waals surface area contributed by atoms with Gasteiger partial charge in [0.15, 0.2) is 8.32 Å². The van der Waals surface area contributed by atoms with Crippen molar-refractivity contribution in [3.8, 4) is 0 Å².